The van der Waals surface area contributed by atoms with Gasteiger partial charge >= 0.3 is 0 Å². The summed E-state index contributed by atoms with van der Waals surface area (Å²) in [7, 11) is 3.53. The van der Waals surface area contributed by atoms with Gasteiger partial charge in [-0.05, 0) is 54.3 Å². The first-order valence-corrected chi connectivity index (χ1v) is 10.6. The molecule has 1 atom stereocenters. The summed E-state index contributed by atoms with van der Waals surface area (Å²) in [4.78, 5) is 12.3. The van der Waals surface area contributed by atoms with Crippen LogP contribution in [0, 0.1) is 0 Å². The molecule has 0 saturated heterocycles. The lowest BCUT2D eigenvalue weighted by Gasteiger charge is -2.10. The Morgan fingerprint density at radius 2 is 1.83 bits per heavy atom. The number of hydrogen-bond donors (Lipinski definition) is 1. The van der Waals surface area contributed by atoms with Gasteiger partial charge in [-0.3, -0.25) is 4.79 Å². The lowest BCUT2D eigenvalue weighted by atomic mass is 9.99. The lowest BCUT2D eigenvalue weighted by Crippen LogP contribution is -2.14. The molecule has 1 amide bonds. The van der Waals surface area contributed by atoms with Gasteiger partial charge < -0.3 is 14.6 Å². The van der Waals surface area contributed by atoms with Crippen LogP contribution in [0.5, 0.6) is 5.75 Å². The van der Waals surface area contributed by atoms with Crippen LogP contribution in [0.25, 0.3) is 11.4 Å². The molecule has 0 fully saturated rings. The molecular weight excluding hydrogens is 384 g/mol. The predicted molar refractivity (Wildman–Crippen MR) is 117 cm³/mol. The second kappa shape index (κ2) is 9.60. The molecule has 0 bridgehead atoms. The van der Waals surface area contributed by atoms with E-state index in [1.165, 1.54) is 17.3 Å². The molecule has 2 aromatic carbocycles. The summed E-state index contributed by atoms with van der Waals surface area (Å²) in [6.07, 6.45) is 1.10. The van der Waals surface area contributed by atoms with Crippen molar-refractivity contribution in [3.05, 3.63) is 54.1 Å². The van der Waals surface area contributed by atoms with E-state index < -0.39 is 0 Å². The van der Waals surface area contributed by atoms with Gasteiger partial charge in [-0.25, -0.2) is 0 Å². The van der Waals surface area contributed by atoms with Gasteiger partial charge in [-0.1, -0.05) is 37.7 Å². The topological polar surface area (TPSA) is 69.0 Å². The Hall–Kier alpha value is -2.80. The molecular formula is C22H26N4O2S. The molecule has 0 saturated carbocycles. The molecule has 0 radical (unpaired) electrons. The van der Waals surface area contributed by atoms with Crippen molar-refractivity contribution in [2.45, 2.75) is 31.3 Å². The Bertz CT molecular complexity index is 952. The highest BCUT2D eigenvalue weighted by Gasteiger charge is 2.13. The minimum atomic E-state index is -0.0692. The van der Waals surface area contributed by atoms with Gasteiger partial charge in [0.2, 0.25) is 5.91 Å². The van der Waals surface area contributed by atoms with Crippen LogP contribution in [0.3, 0.4) is 0 Å². The molecule has 6 nitrogen and oxygen atoms in total. The van der Waals surface area contributed by atoms with Crippen molar-refractivity contribution >= 4 is 23.4 Å². The van der Waals surface area contributed by atoms with E-state index in [1.54, 1.807) is 7.11 Å². The number of thioether (sulfide) groups is 1. The fourth-order valence-corrected chi connectivity index (χ4v) is 3.60. The van der Waals surface area contributed by atoms with Crippen molar-refractivity contribution in [3.8, 4) is 17.1 Å². The second-order valence-corrected chi connectivity index (χ2v) is 7.80. The van der Waals surface area contributed by atoms with Crippen LogP contribution in [-0.4, -0.2) is 33.5 Å². The maximum absolute atomic E-state index is 12.3. The summed E-state index contributed by atoms with van der Waals surface area (Å²) in [6.45, 7) is 4.37. The molecule has 29 heavy (non-hydrogen) atoms. The Labute approximate surface area is 175 Å². The van der Waals surface area contributed by atoms with Crippen LogP contribution in [0.1, 0.15) is 31.7 Å². The summed E-state index contributed by atoms with van der Waals surface area (Å²) in [6, 6.07) is 15.7. The van der Waals surface area contributed by atoms with E-state index >= 15 is 0 Å². The van der Waals surface area contributed by atoms with Crippen LogP contribution in [-0.2, 0) is 11.8 Å². The fourth-order valence-electron chi connectivity index (χ4n) is 2.89. The average Bonchev–Trinajstić information content (AvgIpc) is 3.12. The number of benzene rings is 2. The molecule has 3 aromatic rings. The Kier molecular flexibility index (Phi) is 6.93. The van der Waals surface area contributed by atoms with Gasteiger partial charge in [0.1, 0.15) is 5.75 Å². The number of rotatable bonds is 8. The van der Waals surface area contributed by atoms with Gasteiger partial charge in [0.15, 0.2) is 11.0 Å². The van der Waals surface area contributed by atoms with Crippen molar-refractivity contribution in [1.29, 1.82) is 0 Å². The first-order chi connectivity index (χ1) is 14.0. The van der Waals surface area contributed by atoms with Crippen molar-refractivity contribution in [1.82, 2.24) is 14.8 Å². The summed E-state index contributed by atoms with van der Waals surface area (Å²) < 4.78 is 7.08. The maximum Gasteiger partial charge on any atom is 0.234 e. The van der Waals surface area contributed by atoms with E-state index in [0.29, 0.717) is 11.1 Å². The zero-order chi connectivity index (χ0) is 20.8. The highest BCUT2D eigenvalue weighted by molar-refractivity contribution is 7.99. The monoisotopic (exact) mass is 410 g/mol. The summed E-state index contributed by atoms with van der Waals surface area (Å²) in [5, 5.41) is 12.1. The zero-order valence-corrected chi connectivity index (χ0v) is 18.0. The van der Waals surface area contributed by atoms with Gasteiger partial charge in [0, 0.05) is 18.3 Å². The van der Waals surface area contributed by atoms with E-state index in [-0.39, 0.29) is 11.7 Å². The number of aromatic nitrogens is 3. The molecule has 0 aliphatic rings. The number of amides is 1. The summed E-state index contributed by atoms with van der Waals surface area (Å²) in [5.41, 5.74) is 3.03. The SMILES string of the molecule is CC[C@@H](C)c1ccc(NC(=O)CSc2nnc(-c3ccc(OC)cc3)n2C)cc1. The number of carbonyl (C=O) groups is 1. The van der Waals surface area contributed by atoms with Gasteiger partial charge in [-0.2, -0.15) is 0 Å². The van der Waals surface area contributed by atoms with Crippen molar-refractivity contribution in [2.75, 3.05) is 18.2 Å². The average molecular weight is 411 g/mol. The minimum Gasteiger partial charge on any atom is -0.497 e. The predicted octanol–water partition coefficient (Wildman–Crippen LogP) is 4.74. The minimum absolute atomic E-state index is 0.0692. The Morgan fingerprint density at radius 3 is 2.45 bits per heavy atom. The standard InChI is InChI=1S/C22H26N4O2S/c1-5-15(2)16-6-10-18(11-7-16)23-20(27)14-29-22-25-24-21(26(22)3)17-8-12-19(28-4)13-9-17/h6-13,15H,5,14H2,1-4H3,(H,23,27)/t15-/m1/s1. The van der Waals surface area contributed by atoms with Gasteiger partial charge in [0.25, 0.3) is 0 Å². The first kappa shape index (κ1) is 20.9. The van der Waals surface area contributed by atoms with Crippen LogP contribution in [0.4, 0.5) is 5.69 Å². The smallest absolute Gasteiger partial charge is 0.234 e. The largest absolute Gasteiger partial charge is 0.497 e. The second-order valence-electron chi connectivity index (χ2n) is 6.86. The van der Waals surface area contributed by atoms with E-state index in [0.717, 1.165) is 29.2 Å². The molecule has 1 N–H and O–H groups in total. The number of carbonyl (C=O) groups excluding carboxylic acids is 1. The highest BCUT2D eigenvalue weighted by Crippen LogP contribution is 2.25. The third-order valence-corrected chi connectivity index (χ3v) is 5.91. The van der Waals surface area contributed by atoms with Crippen molar-refractivity contribution in [3.63, 3.8) is 0 Å². The van der Waals surface area contributed by atoms with Crippen LogP contribution >= 0.6 is 11.8 Å². The molecule has 7 heteroatoms. The highest BCUT2D eigenvalue weighted by atomic mass is 32.2. The number of anilines is 1. The van der Waals surface area contributed by atoms with Crippen LogP contribution in [0.15, 0.2) is 53.7 Å². The number of nitrogens with one attached hydrogen (secondary N) is 1. The van der Waals surface area contributed by atoms with E-state index in [9.17, 15) is 4.79 Å². The first-order valence-electron chi connectivity index (χ1n) is 9.58. The van der Waals surface area contributed by atoms with Crippen molar-refractivity contribution in [2.24, 2.45) is 7.05 Å². The van der Waals surface area contributed by atoms with Gasteiger partial charge in [-0.15, -0.1) is 10.2 Å². The zero-order valence-electron chi connectivity index (χ0n) is 17.2. The molecule has 0 spiro atoms. The quantitative estimate of drug-likeness (QED) is 0.544. The summed E-state index contributed by atoms with van der Waals surface area (Å²) in [5.74, 6) is 2.25. The molecule has 0 aliphatic heterocycles. The molecule has 3 rings (SSSR count). The number of nitrogens with zero attached hydrogens (tertiary/aromatic N) is 3. The Morgan fingerprint density at radius 1 is 1.14 bits per heavy atom. The number of methoxy groups -OCH3 is 1. The van der Waals surface area contributed by atoms with Gasteiger partial charge in [0.05, 0.1) is 12.9 Å². The third kappa shape index (κ3) is 5.17. The van der Waals surface area contributed by atoms with E-state index in [4.69, 9.17) is 4.74 Å². The third-order valence-electron chi connectivity index (χ3n) is 4.89. The van der Waals surface area contributed by atoms with Crippen LogP contribution in [0.2, 0.25) is 0 Å². The molecule has 152 valence electrons. The van der Waals surface area contributed by atoms with E-state index in [2.05, 4.69) is 41.5 Å². The Balaban J connectivity index is 1.58. The van der Waals surface area contributed by atoms with Crippen molar-refractivity contribution < 1.29 is 9.53 Å². The summed E-state index contributed by atoms with van der Waals surface area (Å²) >= 11 is 1.36. The fraction of sp³-hybridized carbons (Fsp3) is 0.318. The molecule has 1 heterocycles. The molecule has 1 aromatic heterocycles. The number of hydrogen-bond acceptors (Lipinski definition) is 5. The molecule has 0 aliphatic carbocycles. The normalized spacial score (nSPS) is 11.9. The van der Waals surface area contributed by atoms with E-state index in [1.807, 2.05) is 48.0 Å². The maximum atomic E-state index is 12.3. The lowest BCUT2D eigenvalue weighted by molar-refractivity contribution is -0.113. The number of ether oxygens (including phenoxy) is 1. The van der Waals surface area contributed by atoms with Crippen LogP contribution < -0.4 is 10.1 Å². The molecule has 0 unspecified atom stereocenters.